The molecule has 4 heterocycles. The summed E-state index contributed by atoms with van der Waals surface area (Å²) < 4.78 is 77.6. The van der Waals surface area contributed by atoms with Crippen LogP contribution in [0.3, 0.4) is 0 Å². The van der Waals surface area contributed by atoms with E-state index < -0.39 is 18.1 Å². The number of hydrogen-bond acceptors (Lipinski definition) is 3. The van der Waals surface area contributed by atoms with Crippen molar-refractivity contribution >= 4 is 65.4 Å². The van der Waals surface area contributed by atoms with Crippen molar-refractivity contribution < 1.29 is 11.0 Å². The van der Waals surface area contributed by atoms with E-state index >= 15 is 0 Å². The van der Waals surface area contributed by atoms with E-state index in [4.69, 9.17) is 21.8 Å². The minimum absolute atomic E-state index is 0.0105. The first-order valence-corrected chi connectivity index (χ1v) is 16.5. The number of nitrogens with zero attached hydrogens (tertiary/aromatic N) is 6. The van der Waals surface area contributed by atoms with E-state index in [1.807, 2.05) is 106 Å². The van der Waals surface area contributed by atoms with E-state index in [2.05, 4.69) is 0 Å². The van der Waals surface area contributed by atoms with Crippen molar-refractivity contribution in [1.82, 2.24) is 28.7 Å². The molecule has 0 N–H and O–H groups in total. The summed E-state index contributed by atoms with van der Waals surface area (Å²) in [5.41, 5.74) is 3.82. The molecule has 0 aliphatic carbocycles. The van der Waals surface area contributed by atoms with E-state index in [0.717, 1.165) is 43.6 Å². The molecule has 6 nitrogen and oxygen atoms in total. The van der Waals surface area contributed by atoms with Crippen molar-refractivity contribution in [2.24, 2.45) is 0 Å². The van der Waals surface area contributed by atoms with Crippen molar-refractivity contribution in [1.29, 1.82) is 0 Å². The predicted molar refractivity (Wildman–Crippen MR) is 208 cm³/mol. The molecular weight excluding hydrogens is 625 g/mol. The Balaban J connectivity index is 1.35. The highest BCUT2D eigenvalue weighted by Crippen LogP contribution is 2.37. The molecule has 6 heteroatoms. The Labute approximate surface area is 303 Å². The van der Waals surface area contributed by atoms with Crippen molar-refractivity contribution in [3.8, 4) is 29.0 Å². The molecule has 11 rings (SSSR count). The summed E-state index contributed by atoms with van der Waals surface area (Å²) in [5.74, 6) is 0.0564. The topological polar surface area (TPSA) is 53.5 Å². The van der Waals surface area contributed by atoms with Crippen LogP contribution in [-0.2, 0) is 0 Å². The van der Waals surface area contributed by atoms with E-state index in [1.165, 1.54) is 0 Å². The summed E-state index contributed by atoms with van der Waals surface area (Å²) in [6.45, 7) is 0. The zero-order chi connectivity index (χ0) is 40.4. The van der Waals surface area contributed by atoms with E-state index in [0.29, 0.717) is 16.3 Å². The highest BCUT2D eigenvalue weighted by molar-refractivity contribution is 6.11. The molecule has 0 radical (unpaired) electrons. The van der Waals surface area contributed by atoms with E-state index in [-0.39, 0.29) is 64.7 Å². The number of benzene rings is 7. The zero-order valence-corrected chi connectivity index (χ0v) is 26.7. The van der Waals surface area contributed by atoms with Gasteiger partial charge in [-0.05, 0) is 48.5 Å². The van der Waals surface area contributed by atoms with Crippen LogP contribution in [0.4, 0.5) is 0 Å². The Morgan fingerprint density at radius 3 is 1.27 bits per heavy atom. The van der Waals surface area contributed by atoms with Gasteiger partial charge in [-0.2, -0.15) is 15.0 Å². The standard InChI is InChI=1S/C45H28N6/c1-8-22-36-29(15-1)30-16-2-9-23-37(30)49(36)42-28-14-7-21-35(42)43-46-44(50-38-24-10-3-17-31(38)32-18-4-11-25-39(32)50)48-45(47-43)51-40-26-12-5-19-33(40)34-20-6-13-27-41(34)51/h1-28H/i3D,7D,10D,14D,17D,21D,24D,28D. The Bertz CT molecular complexity index is 3520. The van der Waals surface area contributed by atoms with Crippen molar-refractivity contribution in [3.63, 3.8) is 0 Å². The lowest BCUT2D eigenvalue weighted by atomic mass is 10.1. The van der Waals surface area contributed by atoms with Gasteiger partial charge in [0.25, 0.3) is 0 Å². The molecule has 238 valence electrons. The van der Waals surface area contributed by atoms with Crippen LogP contribution in [-0.4, -0.2) is 28.7 Å². The Morgan fingerprint density at radius 2 is 0.745 bits per heavy atom. The summed E-state index contributed by atoms with van der Waals surface area (Å²) in [6.07, 6.45) is 0. The summed E-state index contributed by atoms with van der Waals surface area (Å²) in [6, 6.07) is 35.4. The van der Waals surface area contributed by atoms with Gasteiger partial charge in [-0.3, -0.25) is 9.13 Å². The Morgan fingerprint density at radius 1 is 0.353 bits per heavy atom. The van der Waals surface area contributed by atoms with Crippen LogP contribution in [0.5, 0.6) is 0 Å². The molecule has 0 saturated heterocycles. The number of rotatable bonds is 4. The highest BCUT2D eigenvalue weighted by Gasteiger charge is 2.22. The lowest BCUT2D eigenvalue weighted by Gasteiger charge is -2.16. The van der Waals surface area contributed by atoms with Crippen molar-refractivity contribution in [2.75, 3.05) is 0 Å². The third kappa shape index (κ3) is 4.01. The van der Waals surface area contributed by atoms with Crippen molar-refractivity contribution in [2.45, 2.75) is 0 Å². The fourth-order valence-electron chi connectivity index (χ4n) is 7.48. The molecule has 0 aliphatic heterocycles. The maximum Gasteiger partial charge on any atom is 0.240 e. The van der Waals surface area contributed by atoms with Gasteiger partial charge in [0.2, 0.25) is 11.9 Å². The van der Waals surface area contributed by atoms with Gasteiger partial charge in [0.05, 0.1) is 49.8 Å². The maximum atomic E-state index is 9.54. The molecule has 7 aromatic carbocycles. The first-order chi connectivity index (χ1) is 28.7. The van der Waals surface area contributed by atoms with Crippen LogP contribution >= 0.6 is 0 Å². The summed E-state index contributed by atoms with van der Waals surface area (Å²) >= 11 is 0. The number of para-hydroxylation sites is 7. The summed E-state index contributed by atoms with van der Waals surface area (Å²) in [5, 5.41) is 4.50. The summed E-state index contributed by atoms with van der Waals surface area (Å²) in [7, 11) is 0. The second-order valence-electron chi connectivity index (χ2n) is 12.3. The first kappa shape index (κ1) is 21.1. The van der Waals surface area contributed by atoms with Crippen LogP contribution < -0.4 is 0 Å². The molecule has 0 atom stereocenters. The van der Waals surface area contributed by atoms with Gasteiger partial charge in [-0.25, -0.2) is 0 Å². The smallest absolute Gasteiger partial charge is 0.240 e. The average molecular weight is 661 g/mol. The Kier molecular flexibility index (Phi) is 4.44. The minimum Gasteiger partial charge on any atom is -0.309 e. The molecule has 0 unspecified atom stereocenters. The molecule has 0 saturated carbocycles. The lowest BCUT2D eigenvalue weighted by molar-refractivity contribution is 0.892. The molecule has 0 bridgehead atoms. The fourth-order valence-corrected chi connectivity index (χ4v) is 7.48. The van der Waals surface area contributed by atoms with Crippen LogP contribution in [0.2, 0.25) is 0 Å². The fraction of sp³-hybridized carbons (Fsp3) is 0. The van der Waals surface area contributed by atoms with Gasteiger partial charge >= 0.3 is 0 Å². The van der Waals surface area contributed by atoms with Crippen LogP contribution in [0, 0.1) is 0 Å². The number of fused-ring (bicyclic) bond motifs is 9. The van der Waals surface area contributed by atoms with E-state index in [1.54, 1.807) is 28.8 Å². The van der Waals surface area contributed by atoms with Crippen LogP contribution in [0.1, 0.15) is 11.0 Å². The molecule has 0 amide bonds. The second kappa shape index (κ2) is 10.7. The molecule has 4 aromatic heterocycles. The predicted octanol–water partition coefficient (Wildman–Crippen LogP) is 10.8. The molecule has 0 spiro atoms. The molecule has 0 aliphatic rings. The van der Waals surface area contributed by atoms with Gasteiger partial charge in [-0.15, -0.1) is 0 Å². The van der Waals surface area contributed by atoms with Gasteiger partial charge in [0.1, 0.15) is 0 Å². The largest absolute Gasteiger partial charge is 0.309 e. The Hall–Kier alpha value is -7.05. The number of hydrogen-bond donors (Lipinski definition) is 0. The molecule has 0 fully saturated rings. The second-order valence-corrected chi connectivity index (χ2v) is 12.3. The van der Waals surface area contributed by atoms with Crippen LogP contribution in [0.15, 0.2) is 170 Å². The third-order valence-corrected chi connectivity index (χ3v) is 9.59. The quantitative estimate of drug-likeness (QED) is 0.189. The van der Waals surface area contributed by atoms with Gasteiger partial charge < -0.3 is 4.57 Å². The average Bonchev–Trinajstić information content (AvgIpc) is 3.91. The SMILES string of the molecule is [2H]c1c([2H])c([2H])c(-n2c3ccccc3c3ccccc32)c(-c2nc(-n3c4ccccc4c4ccccc43)nc(-n3c4ccccc4c4c([2H])c([2H])c([2H])c([2H])c43)n2)c1[2H]. The maximum absolute atomic E-state index is 9.54. The van der Waals surface area contributed by atoms with E-state index in [9.17, 15) is 4.11 Å². The third-order valence-electron chi connectivity index (χ3n) is 9.59. The van der Waals surface area contributed by atoms with Crippen LogP contribution in [0.25, 0.3) is 94.4 Å². The van der Waals surface area contributed by atoms with Crippen molar-refractivity contribution in [3.05, 3.63) is 170 Å². The van der Waals surface area contributed by atoms with Gasteiger partial charge in [0.15, 0.2) is 5.82 Å². The lowest BCUT2D eigenvalue weighted by Crippen LogP contribution is -2.11. The number of aromatic nitrogens is 6. The minimum atomic E-state index is -0.471. The normalized spacial score (nSPS) is 14.1. The first-order valence-electron chi connectivity index (χ1n) is 20.5. The molecular formula is C45H28N6. The molecule has 11 aromatic rings. The van der Waals surface area contributed by atoms with Gasteiger partial charge in [-0.1, -0.05) is 121 Å². The molecule has 51 heavy (non-hydrogen) atoms. The van der Waals surface area contributed by atoms with Gasteiger partial charge in [0, 0.05) is 37.9 Å². The highest BCUT2D eigenvalue weighted by atomic mass is 15.3. The zero-order valence-electron chi connectivity index (χ0n) is 34.7. The monoisotopic (exact) mass is 660 g/mol. The summed E-state index contributed by atoms with van der Waals surface area (Å²) in [4.78, 5) is 15.3.